The van der Waals surface area contributed by atoms with Gasteiger partial charge in [-0.3, -0.25) is 9.80 Å². The van der Waals surface area contributed by atoms with Crippen LogP contribution in [0, 0.1) is 0 Å². The fraction of sp³-hybridized carbons (Fsp3) is 0.667. The second kappa shape index (κ2) is 6.91. The summed E-state index contributed by atoms with van der Waals surface area (Å²) in [4.78, 5) is 5.04. The summed E-state index contributed by atoms with van der Waals surface area (Å²) in [6.07, 6.45) is 0. The highest BCUT2D eigenvalue weighted by atomic mass is 15.3. The molecular weight excluding hydrogens is 258 g/mol. The Hall–Kier alpha value is -0.900. The fourth-order valence-corrected chi connectivity index (χ4v) is 3.11. The van der Waals surface area contributed by atoms with Crippen molar-refractivity contribution < 1.29 is 0 Å². The summed E-state index contributed by atoms with van der Waals surface area (Å²) in [6.45, 7) is 12.5. The second-order valence-electron chi connectivity index (χ2n) is 7.14. The van der Waals surface area contributed by atoms with Crippen molar-refractivity contribution in [3.8, 4) is 0 Å². The van der Waals surface area contributed by atoms with E-state index in [0.29, 0.717) is 5.92 Å². The molecule has 3 nitrogen and oxygen atoms in total. The highest BCUT2D eigenvalue weighted by Crippen LogP contribution is 2.21. The molecule has 0 amide bonds. The van der Waals surface area contributed by atoms with Gasteiger partial charge < -0.3 is 5.32 Å². The lowest BCUT2D eigenvalue weighted by Crippen LogP contribution is -2.57. The van der Waals surface area contributed by atoms with Crippen LogP contribution in [-0.4, -0.2) is 55.6 Å². The normalized spacial score (nSPS) is 21.4. The molecule has 1 aromatic carbocycles. The maximum Gasteiger partial charge on any atom is 0.0277 e. The molecule has 0 spiro atoms. The van der Waals surface area contributed by atoms with Gasteiger partial charge in [0.05, 0.1) is 0 Å². The SMILES string of the molecule is CNCC(C)c1ccc(CN2CCN(C)C(C)(C)C2)cc1. The van der Waals surface area contributed by atoms with Crippen LogP contribution in [0.3, 0.4) is 0 Å². The number of piperazine rings is 1. The molecule has 0 saturated carbocycles. The van der Waals surface area contributed by atoms with Crippen LogP contribution < -0.4 is 5.32 Å². The molecule has 0 bridgehead atoms. The van der Waals surface area contributed by atoms with Gasteiger partial charge in [0.1, 0.15) is 0 Å². The van der Waals surface area contributed by atoms with Crippen LogP contribution >= 0.6 is 0 Å². The summed E-state index contributed by atoms with van der Waals surface area (Å²) in [5.41, 5.74) is 3.13. The summed E-state index contributed by atoms with van der Waals surface area (Å²) >= 11 is 0. The average molecular weight is 289 g/mol. The number of likely N-dealkylation sites (N-methyl/N-ethyl adjacent to an activating group) is 2. The summed E-state index contributed by atoms with van der Waals surface area (Å²) in [6, 6.07) is 9.18. The lowest BCUT2D eigenvalue weighted by atomic mass is 9.98. The molecule has 1 aliphatic heterocycles. The van der Waals surface area contributed by atoms with Crippen molar-refractivity contribution in [3.63, 3.8) is 0 Å². The van der Waals surface area contributed by atoms with Gasteiger partial charge in [-0.2, -0.15) is 0 Å². The van der Waals surface area contributed by atoms with Gasteiger partial charge >= 0.3 is 0 Å². The molecule has 0 aliphatic carbocycles. The van der Waals surface area contributed by atoms with Gasteiger partial charge in [-0.05, 0) is 45.0 Å². The van der Waals surface area contributed by atoms with Crippen LogP contribution in [0.5, 0.6) is 0 Å². The Morgan fingerprint density at radius 1 is 1.19 bits per heavy atom. The zero-order valence-electron chi connectivity index (χ0n) is 14.3. The lowest BCUT2D eigenvalue weighted by Gasteiger charge is -2.45. The Balaban J connectivity index is 1.94. The van der Waals surface area contributed by atoms with Crippen LogP contribution in [0.4, 0.5) is 0 Å². The number of hydrogen-bond acceptors (Lipinski definition) is 3. The first-order chi connectivity index (χ1) is 9.92. The number of rotatable bonds is 5. The minimum Gasteiger partial charge on any atom is -0.319 e. The Labute approximate surface area is 130 Å². The van der Waals surface area contributed by atoms with Gasteiger partial charge in [0, 0.05) is 38.3 Å². The van der Waals surface area contributed by atoms with E-state index in [0.717, 1.165) is 32.7 Å². The van der Waals surface area contributed by atoms with Gasteiger partial charge in [-0.15, -0.1) is 0 Å². The quantitative estimate of drug-likeness (QED) is 0.898. The first-order valence-electron chi connectivity index (χ1n) is 8.09. The van der Waals surface area contributed by atoms with Gasteiger partial charge in [-0.25, -0.2) is 0 Å². The summed E-state index contributed by atoms with van der Waals surface area (Å²) in [7, 11) is 4.25. The van der Waals surface area contributed by atoms with E-state index in [1.54, 1.807) is 0 Å². The van der Waals surface area contributed by atoms with Crippen molar-refractivity contribution in [1.82, 2.24) is 15.1 Å². The zero-order chi connectivity index (χ0) is 15.5. The number of hydrogen-bond donors (Lipinski definition) is 1. The minimum atomic E-state index is 0.277. The molecule has 1 unspecified atom stereocenters. The van der Waals surface area contributed by atoms with Crippen molar-refractivity contribution in [3.05, 3.63) is 35.4 Å². The molecule has 118 valence electrons. The summed E-state index contributed by atoms with van der Waals surface area (Å²) in [5, 5.41) is 3.25. The largest absolute Gasteiger partial charge is 0.319 e. The number of nitrogens with one attached hydrogen (secondary N) is 1. The monoisotopic (exact) mass is 289 g/mol. The third kappa shape index (κ3) is 4.29. The van der Waals surface area contributed by atoms with E-state index in [4.69, 9.17) is 0 Å². The van der Waals surface area contributed by atoms with E-state index in [1.165, 1.54) is 11.1 Å². The predicted octanol–water partition coefficient (Wildman–Crippen LogP) is 2.54. The van der Waals surface area contributed by atoms with Crippen molar-refractivity contribution in [2.75, 3.05) is 40.3 Å². The zero-order valence-corrected chi connectivity index (χ0v) is 14.3. The highest BCUT2D eigenvalue weighted by molar-refractivity contribution is 5.25. The Bertz CT molecular complexity index is 438. The van der Waals surface area contributed by atoms with Gasteiger partial charge in [-0.1, -0.05) is 31.2 Å². The van der Waals surface area contributed by atoms with Gasteiger partial charge in [0.25, 0.3) is 0 Å². The first-order valence-corrected chi connectivity index (χ1v) is 8.09. The smallest absolute Gasteiger partial charge is 0.0277 e. The molecule has 1 atom stereocenters. The van der Waals surface area contributed by atoms with Crippen molar-refractivity contribution in [2.45, 2.75) is 38.8 Å². The maximum atomic E-state index is 3.25. The third-order valence-corrected chi connectivity index (χ3v) is 4.86. The Kier molecular flexibility index (Phi) is 5.42. The van der Waals surface area contributed by atoms with Crippen molar-refractivity contribution >= 4 is 0 Å². The summed E-state index contributed by atoms with van der Waals surface area (Å²) < 4.78 is 0. The van der Waals surface area contributed by atoms with Crippen LogP contribution in [0.25, 0.3) is 0 Å². The molecule has 1 heterocycles. The van der Waals surface area contributed by atoms with Crippen LogP contribution in [-0.2, 0) is 6.54 Å². The molecule has 3 heteroatoms. The van der Waals surface area contributed by atoms with E-state index >= 15 is 0 Å². The average Bonchev–Trinajstić information content (AvgIpc) is 2.44. The molecule has 0 radical (unpaired) electrons. The maximum absolute atomic E-state index is 3.25. The van der Waals surface area contributed by atoms with Crippen LogP contribution in [0.2, 0.25) is 0 Å². The van der Waals surface area contributed by atoms with E-state index in [9.17, 15) is 0 Å². The molecule has 1 aliphatic rings. The van der Waals surface area contributed by atoms with Crippen LogP contribution in [0.1, 0.15) is 37.8 Å². The molecule has 2 rings (SSSR count). The van der Waals surface area contributed by atoms with Crippen molar-refractivity contribution in [1.29, 1.82) is 0 Å². The van der Waals surface area contributed by atoms with Crippen LogP contribution in [0.15, 0.2) is 24.3 Å². The number of nitrogens with zero attached hydrogens (tertiary/aromatic N) is 2. The second-order valence-corrected chi connectivity index (χ2v) is 7.14. The van der Waals surface area contributed by atoms with E-state index in [-0.39, 0.29) is 5.54 Å². The van der Waals surface area contributed by atoms with E-state index in [1.807, 2.05) is 7.05 Å². The fourth-order valence-electron chi connectivity index (χ4n) is 3.11. The highest BCUT2D eigenvalue weighted by Gasteiger charge is 2.30. The molecule has 1 N–H and O–H groups in total. The van der Waals surface area contributed by atoms with Gasteiger partial charge in [0.15, 0.2) is 0 Å². The Morgan fingerprint density at radius 2 is 1.86 bits per heavy atom. The lowest BCUT2D eigenvalue weighted by molar-refractivity contribution is 0.0360. The number of benzene rings is 1. The molecular formula is C18H31N3. The molecule has 0 aromatic heterocycles. The standard InChI is InChI=1S/C18H31N3/c1-15(12-19-4)17-8-6-16(7-9-17)13-21-11-10-20(5)18(2,3)14-21/h6-9,15,19H,10-14H2,1-5H3. The minimum absolute atomic E-state index is 0.277. The van der Waals surface area contributed by atoms with E-state index < -0.39 is 0 Å². The molecule has 1 aromatic rings. The molecule has 21 heavy (non-hydrogen) atoms. The third-order valence-electron chi connectivity index (χ3n) is 4.86. The molecule has 1 saturated heterocycles. The topological polar surface area (TPSA) is 18.5 Å². The van der Waals surface area contributed by atoms with Crippen molar-refractivity contribution in [2.24, 2.45) is 0 Å². The van der Waals surface area contributed by atoms with Gasteiger partial charge in [0.2, 0.25) is 0 Å². The summed E-state index contributed by atoms with van der Waals surface area (Å²) in [5.74, 6) is 0.576. The Morgan fingerprint density at radius 3 is 2.43 bits per heavy atom. The molecule has 1 fully saturated rings. The first kappa shape index (κ1) is 16.5. The predicted molar refractivity (Wildman–Crippen MR) is 90.8 cm³/mol. The van der Waals surface area contributed by atoms with E-state index in [2.05, 4.69) is 67.2 Å².